The Morgan fingerprint density at radius 1 is 1.71 bits per heavy atom. The van der Waals surface area contributed by atoms with Crippen LogP contribution >= 0.6 is 15.9 Å². The molecule has 0 saturated carbocycles. The topological polar surface area (TPSA) is 93.3 Å². The number of carbonyl (C=O) groups is 1. The number of carboxylic acid groups (broad SMARTS) is 1. The molecule has 7 heteroatoms. The second-order valence-electron chi connectivity index (χ2n) is 2.42. The van der Waals surface area contributed by atoms with Crippen LogP contribution in [0.5, 0.6) is 0 Å². The van der Waals surface area contributed by atoms with Crippen molar-refractivity contribution in [1.29, 1.82) is 0 Å². The molecule has 6 nitrogen and oxygen atoms in total. The standard InChI is InChI=1S/C7H5BrN2O4/c8-4-1-2-9-5(3-6(11)12)7(4)10(13)14/h1-2H,3H2,(H,11,12). The molecule has 0 atom stereocenters. The normalized spacial score (nSPS) is 9.79. The lowest BCUT2D eigenvalue weighted by Gasteiger charge is -1.99. The van der Waals surface area contributed by atoms with Gasteiger partial charge in [0.05, 0.1) is 15.8 Å². The number of pyridine rings is 1. The lowest BCUT2D eigenvalue weighted by Crippen LogP contribution is -2.06. The molecule has 0 saturated heterocycles. The molecule has 74 valence electrons. The third kappa shape index (κ3) is 2.25. The van der Waals surface area contributed by atoms with Gasteiger partial charge in [0.1, 0.15) is 5.69 Å². The molecule has 0 fully saturated rings. The first-order valence-electron chi connectivity index (χ1n) is 3.52. The fourth-order valence-corrected chi connectivity index (χ4v) is 1.43. The van der Waals surface area contributed by atoms with Gasteiger partial charge >= 0.3 is 11.7 Å². The monoisotopic (exact) mass is 260 g/mol. The summed E-state index contributed by atoms with van der Waals surface area (Å²) in [7, 11) is 0. The lowest BCUT2D eigenvalue weighted by molar-refractivity contribution is -0.386. The molecule has 1 N–H and O–H groups in total. The number of carboxylic acids is 1. The van der Waals surface area contributed by atoms with Gasteiger partial charge in [0.2, 0.25) is 0 Å². The summed E-state index contributed by atoms with van der Waals surface area (Å²) in [5.41, 5.74) is -0.355. The lowest BCUT2D eigenvalue weighted by atomic mass is 10.2. The van der Waals surface area contributed by atoms with E-state index in [1.165, 1.54) is 12.3 Å². The highest BCUT2D eigenvalue weighted by Crippen LogP contribution is 2.27. The van der Waals surface area contributed by atoms with Crippen molar-refractivity contribution >= 4 is 27.6 Å². The van der Waals surface area contributed by atoms with Crippen molar-refractivity contribution in [1.82, 2.24) is 4.98 Å². The summed E-state index contributed by atoms with van der Waals surface area (Å²) in [5.74, 6) is -1.15. The second-order valence-corrected chi connectivity index (χ2v) is 3.27. The number of nitro groups is 1. The predicted octanol–water partition coefficient (Wildman–Crippen LogP) is 1.38. The highest BCUT2D eigenvalue weighted by atomic mass is 79.9. The Labute approximate surface area is 86.9 Å². The third-order valence-corrected chi connectivity index (χ3v) is 2.09. The number of rotatable bonds is 3. The highest BCUT2D eigenvalue weighted by molar-refractivity contribution is 9.10. The molecular weight excluding hydrogens is 256 g/mol. The minimum atomic E-state index is -1.15. The third-order valence-electron chi connectivity index (χ3n) is 1.45. The van der Waals surface area contributed by atoms with Gasteiger partial charge in [-0.15, -0.1) is 0 Å². The van der Waals surface area contributed by atoms with Gasteiger partial charge < -0.3 is 5.11 Å². The van der Waals surface area contributed by atoms with E-state index in [0.717, 1.165) is 0 Å². The van der Waals surface area contributed by atoms with Crippen LogP contribution in [0.2, 0.25) is 0 Å². The zero-order chi connectivity index (χ0) is 10.7. The van der Waals surface area contributed by atoms with E-state index in [9.17, 15) is 14.9 Å². The van der Waals surface area contributed by atoms with Crippen LogP contribution in [0, 0.1) is 10.1 Å². The van der Waals surface area contributed by atoms with Crippen LogP contribution in [-0.2, 0) is 11.2 Å². The minimum absolute atomic E-state index is 0.0584. The van der Waals surface area contributed by atoms with Gasteiger partial charge in [-0.1, -0.05) is 0 Å². The molecule has 14 heavy (non-hydrogen) atoms. The van der Waals surface area contributed by atoms with Gasteiger partial charge in [-0.05, 0) is 22.0 Å². The molecule has 0 aliphatic heterocycles. The van der Waals surface area contributed by atoms with Crippen LogP contribution in [0.4, 0.5) is 5.69 Å². The van der Waals surface area contributed by atoms with E-state index in [4.69, 9.17) is 5.11 Å². The van der Waals surface area contributed by atoms with E-state index in [-0.39, 0.29) is 15.9 Å². The Balaban J connectivity index is 3.21. The van der Waals surface area contributed by atoms with E-state index in [2.05, 4.69) is 20.9 Å². The summed E-state index contributed by atoms with van der Waals surface area (Å²) in [5, 5.41) is 19.1. The summed E-state index contributed by atoms with van der Waals surface area (Å²) < 4.78 is 0.230. The van der Waals surface area contributed by atoms with E-state index in [0.29, 0.717) is 0 Å². The molecule has 0 unspecified atom stereocenters. The molecule has 0 aliphatic carbocycles. The Morgan fingerprint density at radius 2 is 2.36 bits per heavy atom. The molecule has 0 radical (unpaired) electrons. The van der Waals surface area contributed by atoms with Gasteiger partial charge in [0.25, 0.3) is 0 Å². The van der Waals surface area contributed by atoms with Crippen molar-refractivity contribution < 1.29 is 14.8 Å². The first-order valence-corrected chi connectivity index (χ1v) is 4.31. The van der Waals surface area contributed by atoms with Crippen molar-refractivity contribution in [3.8, 4) is 0 Å². The average molecular weight is 261 g/mol. The number of halogens is 1. The maximum Gasteiger partial charge on any atom is 0.309 e. The molecule has 0 amide bonds. The fraction of sp³-hybridized carbons (Fsp3) is 0.143. The van der Waals surface area contributed by atoms with E-state index in [1.807, 2.05) is 0 Å². The van der Waals surface area contributed by atoms with Crippen LogP contribution in [-0.4, -0.2) is 21.0 Å². The number of hydrogen-bond donors (Lipinski definition) is 1. The van der Waals surface area contributed by atoms with Gasteiger partial charge in [0, 0.05) is 6.20 Å². The second kappa shape index (κ2) is 4.14. The SMILES string of the molecule is O=C(O)Cc1nccc(Br)c1[N+](=O)[O-]. The largest absolute Gasteiger partial charge is 0.481 e. The van der Waals surface area contributed by atoms with Crippen LogP contribution < -0.4 is 0 Å². The Bertz CT molecular complexity index is 393. The Kier molecular flexibility index (Phi) is 3.13. The zero-order valence-electron chi connectivity index (χ0n) is 6.81. The molecular formula is C7H5BrN2O4. The van der Waals surface area contributed by atoms with Crippen molar-refractivity contribution in [2.45, 2.75) is 6.42 Å². The highest BCUT2D eigenvalue weighted by Gasteiger charge is 2.20. The van der Waals surface area contributed by atoms with Crippen molar-refractivity contribution in [3.63, 3.8) is 0 Å². The van der Waals surface area contributed by atoms with Gasteiger partial charge in [-0.2, -0.15) is 0 Å². The molecule has 0 spiro atoms. The smallest absolute Gasteiger partial charge is 0.309 e. The van der Waals surface area contributed by atoms with Crippen molar-refractivity contribution in [3.05, 3.63) is 32.5 Å². The van der Waals surface area contributed by atoms with Crippen molar-refractivity contribution in [2.24, 2.45) is 0 Å². The number of aliphatic carboxylic acids is 1. The van der Waals surface area contributed by atoms with Crippen LogP contribution in [0.3, 0.4) is 0 Å². The summed E-state index contributed by atoms with van der Waals surface area (Å²) in [6.07, 6.45) is 0.852. The molecule has 0 aromatic carbocycles. The summed E-state index contributed by atoms with van der Waals surface area (Å²) in [6, 6.07) is 1.39. The quantitative estimate of drug-likeness (QED) is 0.655. The number of nitrogens with zero attached hydrogens (tertiary/aromatic N) is 2. The predicted molar refractivity (Wildman–Crippen MR) is 49.9 cm³/mol. The minimum Gasteiger partial charge on any atom is -0.481 e. The summed E-state index contributed by atoms with van der Waals surface area (Å²) >= 11 is 2.96. The number of hydrogen-bond acceptors (Lipinski definition) is 4. The maximum absolute atomic E-state index is 10.6. The molecule has 1 heterocycles. The van der Waals surface area contributed by atoms with E-state index >= 15 is 0 Å². The van der Waals surface area contributed by atoms with Crippen LogP contribution in [0.1, 0.15) is 5.69 Å². The zero-order valence-corrected chi connectivity index (χ0v) is 8.39. The first kappa shape index (κ1) is 10.6. The Morgan fingerprint density at radius 3 is 2.86 bits per heavy atom. The van der Waals surface area contributed by atoms with Crippen LogP contribution in [0.15, 0.2) is 16.7 Å². The Hall–Kier alpha value is -1.50. The summed E-state index contributed by atoms with van der Waals surface area (Å²) in [4.78, 5) is 23.9. The van der Waals surface area contributed by atoms with Crippen LogP contribution in [0.25, 0.3) is 0 Å². The molecule has 1 aromatic rings. The summed E-state index contributed by atoms with van der Waals surface area (Å²) in [6.45, 7) is 0. The van der Waals surface area contributed by atoms with Gasteiger partial charge in [-0.25, -0.2) is 0 Å². The molecule has 0 aliphatic rings. The van der Waals surface area contributed by atoms with E-state index in [1.54, 1.807) is 0 Å². The molecule has 1 aromatic heterocycles. The maximum atomic E-state index is 10.6. The number of aromatic nitrogens is 1. The van der Waals surface area contributed by atoms with E-state index < -0.39 is 17.3 Å². The first-order chi connectivity index (χ1) is 6.52. The van der Waals surface area contributed by atoms with Crippen molar-refractivity contribution in [2.75, 3.05) is 0 Å². The van der Waals surface area contributed by atoms with Gasteiger partial charge in [0.15, 0.2) is 0 Å². The van der Waals surface area contributed by atoms with Gasteiger partial charge in [-0.3, -0.25) is 19.9 Å². The molecule has 0 bridgehead atoms. The molecule has 1 rings (SSSR count). The fourth-order valence-electron chi connectivity index (χ4n) is 0.936. The average Bonchev–Trinajstić information content (AvgIpc) is 2.01.